The highest BCUT2D eigenvalue weighted by molar-refractivity contribution is 7.22. The third kappa shape index (κ3) is 3.66. The molecule has 0 spiro atoms. The largest absolute Gasteiger partial charge is 0.326 e. The van der Waals surface area contributed by atoms with Crippen molar-refractivity contribution in [1.82, 2.24) is 9.55 Å². The fraction of sp³-hybridized carbons (Fsp3) is 0.125. The number of pyridine rings is 1. The summed E-state index contributed by atoms with van der Waals surface area (Å²) in [6.45, 7) is 1.36. The smallest absolute Gasteiger partial charge is 0.250 e. The van der Waals surface area contributed by atoms with Crippen molar-refractivity contribution in [3.05, 3.63) is 52.9 Å². The predicted molar refractivity (Wildman–Crippen MR) is 93.3 cm³/mol. The molecule has 7 nitrogen and oxygen atoms in total. The number of carbonyl (C=O) groups is 2. The van der Waals surface area contributed by atoms with E-state index in [0.29, 0.717) is 10.8 Å². The van der Waals surface area contributed by atoms with E-state index in [1.165, 1.54) is 28.9 Å². The Morgan fingerprint density at radius 2 is 2.04 bits per heavy atom. The van der Waals surface area contributed by atoms with Gasteiger partial charge in [-0.05, 0) is 24.3 Å². The van der Waals surface area contributed by atoms with E-state index in [1.54, 1.807) is 36.5 Å². The highest BCUT2D eigenvalue weighted by Crippen LogP contribution is 2.28. The normalized spacial score (nSPS) is 10.5. The Labute approximate surface area is 141 Å². The van der Waals surface area contributed by atoms with Gasteiger partial charge < -0.3 is 15.2 Å². The Kier molecular flexibility index (Phi) is 4.39. The van der Waals surface area contributed by atoms with Crippen LogP contribution in [0.4, 0.5) is 10.8 Å². The zero-order chi connectivity index (χ0) is 17.1. The van der Waals surface area contributed by atoms with Crippen molar-refractivity contribution in [2.45, 2.75) is 13.5 Å². The lowest BCUT2D eigenvalue weighted by Gasteiger charge is -2.04. The molecule has 0 saturated carbocycles. The molecule has 0 radical (unpaired) electrons. The molecule has 0 aliphatic heterocycles. The SMILES string of the molecule is CC(=O)Nc1ccc2nc(NC(=O)Cn3ccccc3=O)sc2c1. The molecular formula is C16H14N4O3S. The van der Waals surface area contributed by atoms with Crippen molar-refractivity contribution in [2.24, 2.45) is 0 Å². The van der Waals surface area contributed by atoms with Gasteiger partial charge in [0.1, 0.15) is 6.54 Å². The molecule has 2 aromatic heterocycles. The van der Waals surface area contributed by atoms with Crippen LogP contribution in [0.5, 0.6) is 0 Å². The zero-order valence-electron chi connectivity index (χ0n) is 12.8. The minimum absolute atomic E-state index is 0.0766. The Hall–Kier alpha value is -3.00. The summed E-state index contributed by atoms with van der Waals surface area (Å²) in [6, 6.07) is 10.0. The van der Waals surface area contributed by atoms with E-state index in [9.17, 15) is 14.4 Å². The number of benzene rings is 1. The number of amides is 2. The Morgan fingerprint density at radius 1 is 1.21 bits per heavy atom. The molecule has 2 amide bonds. The van der Waals surface area contributed by atoms with Crippen LogP contribution in [0.1, 0.15) is 6.92 Å². The van der Waals surface area contributed by atoms with Gasteiger partial charge in [0.2, 0.25) is 11.8 Å². The van der Waals surface area contributed by atoms with Crippen LogP contribution in [0, 0.1) is 0 Å². The minimum atomic E-state index is -0.329. The first-order valence-corrected chi connectivity index (χ1v) is 7.96. The van der Waals surface area contributed by atoms with Gasteiger partial charge in [0.15, 0.2) is 5.13 Å². The monoisotopic (exact) mass is 342 g/mol. The van der Waals surface area contributed by atoms with Crippen LogP contribution in [0.25, 0.3) is 10.2 Å². The standard InChI is InChI=1S/C16H14N4O3S/c1-10(21)17-11-5-6-12-13(8-11)24-16(18-12)19-14(22)9-20-7-3-2-4-15(20)23/h2-8H,9H2,1H3,(H,17,21)(H,18,19,22). The van der Waals surface area contributed by atoms with Crippen LogP contribution < -0.4 is 16.2 Å². The van der Waals surface area contributed by atoms with Crippen LogP contribution in [0.3, 0.4) is 0 Å². The van der Waals surface area contributed by atoms with Crippen LogP contribution in [0.2, 0.25) is 0 Å². The quantitative estimate of drug-likeness (QED) is 0.759. The first-order chi connectivity index (χ1) is 11.5. The highest BCUT2D eigenvalue weighted by Gasteiger charge is 2.10. The second kappa shape index (κ2) is 6.63. The summed E-state index contributed by atoms with van der Waals surface area (Å²) in [6.07, 6.45) is 1.56. The van der Waals surface area contributed by atoms with E-state index in [1.807, 2.05) is 0 Å². The Morgan fingerprint density at radius 3 is 2.79 bits per heavy atom. The van der Waals surface area contributed by atoms with E-state index < -0.39 is 0 Å². The number of aromatic nitrogens is 2. The zero-order valence-corrected chi connectivity index (χ0v) is 13.6. The van der Waals surface area contributed by atoms with Crippen molar-refractivity contribution >= 4 is 44.2 Å². The molecule has 0 fully saturated rings. The van der Waals surface area contributed by atoms with E-state index in [2.05, 4.69) is 15.6 Å². The average Bonchev–Trinajstić information content (AvgIpc) is 2.90. The second-order valence-electron chi connectivity index (χ2n) is 5.10. The number of nitrogens with zero attached hydrogens (tertiary/aromatic N) is 2. The van der Waals surface area contributed by atoms with E-state index >= 15 is 0 Å². The van der Waals surface area contributed by atoms with Crippen LogP contribution in [-0.4, -0.2) is 21.4 Å². The molecule has 0 aliphatic rings. The van der Waals surface area contributed by atoms with Crippen molar-refractivity contribution in [2.75, 3.05) is 10.6 Å². The van der Waals surface area contributed by atoms with Crippen LogP contribution in [-0.2, 0) is 16.1 Å². The van der Waals surface area contributed by atoms with Gasteiger partial charge in [0.05, 0.1) is 10.2 Å². The number of thiazole rings is 1. The van der Waals surface area contributed by atoms with Crippen LogP contribution in [0.15, 0.2) is 47.4 Å². The number of carbonyl (C=O) groups excluding carboxylic acids is 2. The van der Waals surface area contributed by atoms with Crippen molar-refractivity contribution in [3.63, 3.8) is 0 Å². The summed E-state index contributed by atoms with van der Waals surface area (Å²) in [5.41, 5.74) is 1.16. The van der Waals surface area contributed by atoms with Gasteiger partial charge >= 0.3 is 0 Å². The summed E-state index contributed by atoms with van der Waals surface area (Å²) in [7, 11) is 0. The molecule has 0 aliphatic carbocycles. The third-order valence-electron chi connectivity index (χ3n) is 3.17. The minimum Gasteiger partial charge on any atom is -0.326 e. The fourth-order valence-corrected chi connectivity index (χ4v) is 3.09. The number of nitrogens with one attached hydrogen (secondary N) is 2. The molecule has 1 aromatic carbocycles. The Balaban J connectivity index is 1.75. The van der Waals surface area contributed by atoms with E-state index in [4.69, 9.17) is 0 Å². The van der Waals surface area contributed by atoms with Gasteiger partial charge in [-0.3, -0.25) is 14.4 Å². The topological polar surface area (TPSA) is 93.1 Å². The molecule has 3 aromatic rings. The van der Waals surface area contributed by atoms with Gasteiger partial charge in [0, 0.05) is 24.9 Å². The number of anilines is 2. The molecule has 3 rings (SSSR count). The molecule has 0 atom stereocenters. The van der Waals surface area contributed by atoms with Gasteiger partial charge in [-0.1, -0.05) is 17.4 Å². The number of fused-ring (bicyclic) bond motifs is 1. The molecule has 2 N–H and O–H groups in total. The summed E-state index contributed by atoms with van der Waals surface area (Å²) < 4.78 is 2.16. The molecule has 8 heteroatoms. The predicted octanol–water partition coefficient (Wildman–Crippen LogP) is 2.06. The van der Waals surface area contributed by atoms with Crippen molar-refractivity contribution < 1.29 is 9.59 Å². The fourth-order valence-electron chi connectivity index (χ4n) is 2.16. The van der Waals surface area contributed by atoms with E-state index in [-0.39, 0.29) is 23.9 Å². The van der Waals surface area contributed by atoms with E-state index in [0.717, 1.165) is 10.2 Å². The van der Waals surface area contributed by atoms with Gasteiger partial charge in [-0.25, -0.2) is 4.98 Å². The van der Waals surface area contributed by atoms with Crippen molar-refractivity contribution in [1.29, 1.82) is 0 Å². The molecule has 2 heterocycles. The van der Waals surface area contributed by atoms with Gasteiger partial charge in [0.25, 0.3) is 5.56 Å². The molecule has 24 heavy (non-hydrogen) atoms. The second-order valence-corrected chi connectivity index (χ2v) is 6.13. The van der Waals surface area contributed by atoms with Gasteiger partial charge in [-0.2, -0.15) is 0 Å². The molecular weight excluding hydrogens is 328 g/mol. The maximum absolute atomic E-state index is 12.1. The summed E-state index contributed by atoms with van der Waals surface area (Å²) >= 11 is 1.30. The van der Waals surface area contributed by atoms with Crippen molar-refractivity contribution in [3.8, 4) is 0 Å². The number of rotatable bonds is 4. The molecule has 122 valence electrons. The maximum atomic E-state index is 12.1. The summed E-state index contributed by atoms with van der Waals surface area (Å²) in [4.78, 5) is 39.1. The van der Waals surface area contributed by atoms with Crippen LogP contribution >= 0.6 is 11.3 Å². The Bertz CT molecular complexity index is 977. The summed E-state index contributed by atoms with van der Waals surface area (Å²) in [5, 5.41) is 5.83. The summed E-state index contributed by atoms with van der Waals surface area (Å²) in [5.74, 6) is -0.481. The first kappa shape index (κ1) is 15.9. The molecule has 0 bridgehead atoms. The van der Waals surface area contributed by atoms with Gasteiger partial charge in [-0.15, -0.1) is 0 Å². The maximum Gasteiger partial charge on any atom is 0.250 e. The average molecular weight is 342 g/mol. The third-order valence-corrected chi connectivity index (χ3v) is 4.10. The lowest BCUT2D eigenvalue weighted by Crippen LogP contribution is -2.26. The lowest BCUT2D eigenvalue weighted by molar-refractivity contribution is -0.117. The number of hydrogen-bond donors (Lipinski definition) is 2. The highest BCUT2D eigenvalue weighted by atomic mass is 32.1. The first-order valence-electron chi connectivity index (χ1n) is 7.15. The lowest BCUT2D eigenvalue weighted by atomic mass is 10.3. The molecule has 0 saturated heterocycles. The number of hydrogen-bond acceptors (Lipinski definition) is 5. The molecule has 0 unspecified atom stereocenters.